The predicted molar refractivity (Wildman–Crippen MR) is 96.7 cm³/mol. The highest BCUT2D eigenvalue weighted by atomic mass is 15.0. The summed E-state index contributed by atoms with van der Waals surface area (Å²) >= 11 is 0. The summed E-state index contributed by atoms with van der Waals surface area (Å²) in [4.78, 5) is 0. The molecule has 114 valence electrons. The summed E-state index contributed by atoms with van der Waals surface area (Å²) in [6.45, 7) is 0. The van der Waals surface area contributed by atoms with Crippen molar-refractivity contribution in [3.8, 4) is 0 Å². The first-order valence-corrected chi connectivity index (χ1v) is 8.31. The van der Waals surface area contributed by atoms with Crippen LogP contribution in [0.2, 0.25) is 0 Å². The number of para-hydroxylation sites is 1. The van der Waals surface area contributed by atoms with Crippen molar-refractivity contribution < 1.29 is 0 Å². The molecule has 1 unspecified atom stereocenters. The minimum atomic E-state index is -0.0308. The van der Waals surface area contributed by atoms with E-state index in [1.54, 1.807) is 0 Å². The van der Waals surface area contributed by atoms with Gasteiger partial charge in [0.05, 0.1) is 5.54 Å². The lowest BCUT2D eigenvalue weighted by molar-refractivity contribution is 0.432. The van der Waals surface area contributed by atoms with E-state index in [2.05, 4.69) is 90.2 Å². The van der Waals surface area contributed by atoms with E-state index in [1.165, 1.54) is 22.4 Å². The zero-order valence-electron chi connectivity index (χ0n) is 13.2. The SMILES string of the molecule is c1ccc(CC2(c3ccccc3)CCc3ccccc3N2)cc1. The second-order valence-corrected chi connectivity index (χ2v) is 6.39. The molecule has 0 amide bonds. The van der Waals surface area contributed by atoms with E-state index in [9.17, 15) is 0 Å². The molecule has 3 aromatic rings. The molecule has 1 heteroatoms. The maximum absolute atomic E-state index is 3.88. The number of nitrogens with one attached hydrogen (secondary N) is 1. The Morgan fingerprint density at radius 1 is 0.739 bits per heavy atom. The number of fused-ring (bicyclic) bond motifs is 1. The monoisotopic (exact) mass is 299 g/mol. The zero-order valence-corrected chi connectivity index (χ0v) is 13.2. The number of anilines is 1. The molecule has 0 spiro atoms. The van der Waals surface area contributed by atoms with Gasteiger partial charge in [-0.3, -0.25) is 0 Å². The molecule has 0 bridgehead atoms. The molecule has 0 aliphatic carbocycles. The van der Waals surface area contributed by atoms with Crippen molar-refractivity contribution in [2.24, 2.45) is 0 Å². The van der Waals surface area contributed by atoms with Gasteiger partial charge >= 0.3 is 0 Å². The Labute approximate surface area is 138 Å². The Bertz CT molecular complexity index is 779. The summed E-state index contributed by atoms with van der Waals surface area (Å²) in [5.74, 6) is 0. The molecule has 0 fully saturated rings. The van der Waals surface area contributed by atoms with Gasteiger partial charge in [0.15, 0.2) is 0 Å². The Balaban J connectivity index is 1.77. The van der Waals surface area contributed by atoms with E-state index in [0.29, 0.717) is 0 Å². The second kappa shape index (κ2) is 5.92. The number of hydrogen-bond donors (Lipinski definition) is 1. The average molecular weight is 299 g/mol. The maximum Gasteiger partial charge on any atom is 0.0668 e. The molecule has 1 atom stereocenters. The van der Waals surface area contributed by atoms with Crippen molar-refractivity contribution >= 4 is 5.69 Å². The predicted octanol–water partition coefficient (Wildman–Crippen LogP) is 5.18. The van der Waals surface area contributed by atoms with Crippen molar-refractivity contribution in [2.75, 3.05) is 5.32 Å². The van der Waals surface area contributed by atoms with E-state index in [4.69, 9.17) is 0 Å². The van der Waals surface area contributed by atoms with Gasteiger partial charge in [-0.2, -0.15) is 0 Å². The molecule has 0 radical (unpaired) electrons. The topological polar surface area (TPSA) is 12.0 Å². The summed E-state index contributed by atoms with van der Waals surface area (Å²) in [5, 5.41) is 3.88. The molecule has 0 saturated carbocycles. The van der Waals surface area contributed by atoms with Crippen molar-refractivity contribution in [1.82, 2.24) is 0 Å². The normalized spacial score (nSPS) is 19.7. The first-order chi connectivity index (χ1) is 11.4. The van der Waals surface area contributed by atoms with Gasteiger partial charge in [-0.1, -0.05) is 78.9 Å². The fraction of sp³-hybridized carbons (Fsp3) is 0.182. The van der Waals surface area contributed by atoms with Crippen LogP contribution in [0.5, 0.6) is 0 Å². The molecule has 3 aromatic carbocycles. The average Bonchev–Trinajstić information content (AvgIpc) is 2.63. The van der Waals surface area contributed by atoms with Gasteiger partial charge in [-0.15, -0.1) is 0 Å². The number of benzene rings is 3. The van der Waals surface area contributed by atoms with E-state index in [1.807, 2.05) is 0 Å². The fourth-order valence-electron chi connectivity index (χ4n) is 3.68. The third kappa shape index (κ3) is 2.75. The van der Waals surface area contributed by atoms with Crippen LogP contribution in [-0.4, -0.2) is 0 Å². The summed E-state index contributed by atoms with van der Waals surface area (Å²) in [7, 11) is 0. The van der Waals surface area contributed by atoms with E-state index < -0.39 is 0 Å². The summed E-state index contributed by atoms with van der Waals surface area (Å²) in [6, 6.07) is 30.4. The van der Waals surface area contributed by atoms with E-state index in [0.717, 1.165) is 19.3 Å². The molecule has 1 heterocycles. The third-order valence-electron chi connectivity index (χ3n) is 4.89. The van der Waals surface area contributed by atoms with Gasteiger partial charge in [0, 0.05) is 5.69 Å². The Morgan fingerprint density at radius 3 is 2.17 bits per heavy atom. The highest BCUT2D eigenvalue weighted by Gasteiger charge is 2.35. The molecule has 0 saturated heterocycles. The molecule has 1 aliphatic rings. The van der Waals surface area contributed by atoms with Crippen LogP contribution in [0.3, 0.4) is 0 Å². The third-order valence-corrected chi connectivity index (χ3v) is 4.89. The zero-order chi connectivity index (χ0) is 15.5. The first kappa shape index (κ1) is 14.1. The van der Waals surface area contributed by atoms with Crippen LogP contribution in [0.1, 0.15) is 23.1 Å². The lowest BCUT2D eigenvalue weighted by Gasteiger charge is -2.41. The van der Waals surface area contributed by atoms with Crippen LogP contribution in [-0.2, 0) is 18.4 Å². The minimum absolute atomic E-state index is 0.0308. The van der Waals surface area contributed by atoms with Gasteiger partial charge in [0.2, 0.25) is 0 Å². The van der Waals surface area contributed by atoms with E-state index >= 15 is 0 Å². The van der Waals surface area contributed by atoms with Crippen molar-refractivity contribution in [2.45, 2.75) is 24.8 Å². The molecule has 1 aliphatic heterocycles. The van der Waals surface area contributed by atoms with Crippen LogP contribution in [0.25, 0.3) is 0 Å². The second-order valence-electron chi connectivity index (χ2n) is 6.39. The standard InChI is InChI=1S/C22H21N/c1-3-9-18(10-4-1)17-22(20-12-5-2-6-13-20)16-15-19-11-7-8-14-21(19)23-22/h1-14,23H,15-17H2. The fourth-order valence-corrected chi connectivity index (χ4v) is 3.68. The molecule has 1 nitrogen and oxygen atoms in total. The molecule has 0 aromatic heterocycles. The largest absolute Gasteiger partial charge is 0.375 e. The van der Waals surface area contributed by atoms with Crippen LogP contribution in [0.15, 0.2) is 84.9 Å². The lowest BCUT2D eigenvalue weighted by atomic mass is 9.76. The number of hydrogen-bond acceptors (Lipinski definition) is 1. The van der Waals surface area contributed by atoms with Gasteiger partial charge < -0.3 is 5.32 Å². The minimum Gasteiger partial charge on any atom is -0.375 e. The van der Waals surface area contributed by atoms with Crippen LogP contribution in [0, 0.1) is 0 Å². The van der Waals surface area contributed by atoms with Crippen molar-refractivity contribution in [1.29, 1.82) is 0 Å². The lowest BCUT2D eigenvalue weighted by Crippen LogP contribution is -2.41. The summed E-state index contributed by atoms with van der Waals surface area (Å²) in [5.41, 5.74) is 5.42. The molecular formula is C22H21N. The van der Waals surface area contributed by atoms with Gasteiger partial charge in [0.25, 0.3) is 0 Å². The highest BCUT2D eigenvalue weighted by molar-refractivity contribution is 5.57. The summed E-state index contributed by atoms with van der Waals surface area (Å²) < 4.78 is 0. The molecular weight excluding hydrogens is 278 g/mol. The highest BCUT2D eigenvalue weighted by Crippen LogP contribution is 2.39. The molecule has 4 rings (SSSR count). The van der Waals surface area contributed by atoms with Crippen molar-refractivity contribution in [3.63, 3.8) is 0 Å². The Kier molecular flexibility index (Phi) is 3.63. The van der Waals surface area contributed by atoms with E-state index in [-0.39, 0.29) is 5.54 Å². The Morgan fingerprint density at radius 2 is 1.39 bits per heavy atom. The van der Waals surface area contributed by atoms with Crippen LogP contribution < -0.4 is 5.32 Å². The quantitative estimate of drug-likeness (QED) is 0.702. The van der Waals surface area contributed by atoms with Crippen LogP contribution in [0.4, 0.5) is 5.69 Å². The van der Waals surface area contributed by atoms with Crippen molar-refractivity contribution in [3.05, 3.63) is 102 Å². The molecule has 1 N–H and O–H groups in total. The van der Waals surface area contributed by atoms with Gasteiger partial charge in [-0.25, -0.2) is 0 Å². The van der Waals surface area contributed by atoms with Crippen LogP contribution >= 0.6 is 0 Å². The summed E-state index contributed by atoms with van der Waals surface area (Å²) in [6.07, 6.45) is 3.24. The maximum atomic E-state index is 3.88. The first-order valence-electron chi connectivity index (χ1n) is 8.31. The van der Waals surface area contributed by atoms with Gasteiger partial charge in [-0.05, 0) is 42.0 Å². The number of rotatable bonds is 3. The smallest absolute Gasteiger partial charge is 0.0668 e. The van der Waals surface area contributed by atoms with Gasteiger partial charge in [0.1, 0.15) is 0 Å². The Hall–Kier alpha value is -2.54. The molecule has 23 heavy (non-hydrogen) atoms. The number of aryl methyl sites for hydroxylation is 1.